The summed E-state index contributed by atoms with van der Waals surface area (Å²) in [5.41, 5.74) is 1.04. The van der Waals surface area contributed by atoms with Gasteiger partial charge in [0.1, 0.15) is 6.04 Å². The third-order valence-electron chi connectivity index (χ3n) is 7.78. The first kappa shape index (κ1) is 33.0. The number of Topliss-reactive ketones (excluding diaryl/α,β-unsaturated/α-hetero) is 1. The Balaban J connectivity index is 1.73. The van der Waals surface area contributed by atoms with E-state index in [1.54, 1.807) is 4.90 Å². The lowest BCUT2D eigenvalue weighted by Gasteiger charge is -2.30. The summed E-state index contributed by atoms with van der Waals surface area (Å²) in [7, 11) is 0. The van der Waals surface area contributed by atoms with Crippen LogP contribution in [0.4, 0.5) is 0 Å². The molecule has 1 saturated heterocycles. The van der Waals surface area contributed by atoms with Crippen LogP contribution in [0.15, 0.2) is 30.3 Å². The van der Waals surface area contributed by atoms with Gasteiger partial charge in [-0.05, 0) is 37.2 Å². The average Bonchev–Trinajstić information content (AvgIpc) is 3.43. The number of rotatable bonds is 20. The van der Waals surface area contributed by atoms with Gasteiger partial charge < -0.3 is 15.7 Å². The molecule has 0 bridgehead atoms. The van der Waals surface area contributed by atoms with Crippen LogP contribution < -0.4 is 10.6 Å². The maximum atomic E-state index is 13.2. The van der Waals surface area contributed by atoms with Gasteiger partial charge in [-0.15, -0.1) is 0 Å². The number of hydrogen-bond donors (Lipinski definition) is 3. The number of carbonyl (C=O) groups is 3. The van der Waals surface area contributed by atoms with E-state index in [2.05, 4.69) is 17.6 Å². The van der Waals surface area contributed by atoms with Crippen LogP contribution in [-0.2, 0) is 20.8 Å². The Morgan fingerprint density at radius 1 is 0.949 bits per heavy atom. The van der Waals surface area contributed by atoms with Crippen LogP contribution in [0.25, 0.3) is 0 Å². The van der Waals surface area contributed by atoms with Crippen molar-refractivity contribution in [1.82, 2.24) is 15.5 Å². The highest BCUT2D eigenvalue weighted by Crippen LogP contribution is 2.21. The highest BCUT2D eigenvalue weighted by Gasteiger charge is 2.38. The van der Waals surface area contributed by atoms with Crippen molar-refractivity contribution in [3.05, 3.63) is 35.9 Å². The van der Waals surface area contributed by atoms with E-state index in [0.717, 1.165) is 24.8 Å². The minimum atomic E-state index is -1.31. The predicted octanol–water partition coefficient (Wildman–Crippen LogP) is 5.15. The summed E-state index contributed by atoms with van der Waals surface area (Å²) in [4.78, 5) is 40.4. The van der Waals surface area contributed by atoms with Gasteiger partial charge in [0.05, 0.1) is 6.04 Å². The molecular formula is C32H53N3O4. The van der Waals surface area contributed by atoms with E-state index in [-0.39, 0.29) is 29.9 Å². The number of aliphatic hydroxyl groups is 1. The highest BCUT2D eigenvalue weighted by molar-refractivity contribution is 5.91. The molecule has 1 unspecified atom stereocenters. The van der Waals surface area contributed by atoms with Gasteiger partial charge in [-0.3, -0.25) is 19.3 Å². The largest absolute Gasteiger partial charge is 0.371 e. The normalized spacial score (nSPS) is 17.2. The first-order chi connectivity index (χ1) is 18.8. The van der Waals surface area contributed by atoms with E-state index < -0.39 is 18.3 Å². The molecule has 1 aliphatic rings. The number of nitrogens with zero attached hydrogens (tertiary/aromatic N) is 1. The molecule has 0 spiro atoms. The van der Waals surface area contributed by atoms with Crippen LogP contribution in [0.2, 0.25) is 0 Å². The van der Waals surface area contributed by atoms with Gasteiger partial charge in [0.25, 0.3) is 0 Å². The summed E-state index contributed by atoms with van der Waals surface area (Å²) >= 11 is 0. The molecule has 220 valence electrons. The molecule has 1 aromatic carbocycles. The number of ketones is 1. The fraction of sp³-hybridized carbons (Fsp3) is 0.719. The molecule has 2 rings (SSSR count). The van der Waals surface area contributed by atoms with Crippen molar-refractivity contribution < 1.29 is 19.5 Å². The highest BCUT2D eigenvalue weighted by atomic mass is 16.3. The summed E-state index contributed by atoms with van der Waals surface area (Å²) in [6, 6.07) is 8.44. The van der Waals surface area contributed by atoms with Crippen molar-refractivity contribution in [2.75, 3.05) is 13.1 Å². The number of nitrogens with one attached hydrogen (secondary N) is 2. The zero-order valence-electron chi connectivity index (χ0n) is 24.6. The Morgan fingerprint density at radius 3 is 2.18 bits per heavy atom. The third-order valence-corrected chi connectivity index (χ3v) is 7.78. The quantitative estimate of drug-likeness (QED) is 0.198. The van der Waals surface area contributed by atoms with Gasteiger partial charge >= 0.3 is 0 Å². The summed E-state index contributed by atoms with van der Waals surface area (Å²) in [5.74, 6) is -0.823. The van der Waals surface area contributed by atoms with Crippen molar-refractivity contribution in [3.8, 4) is 0 Å². The van der Waals surface area contributed by atoms with E-state index in [1.165, 1.54) is 51.4 Å². The minimum absolute atomic E-state index is 0.0751. The molecule has 3 atom stereocenters. The number of benzene rings is 1. The van der Waals surface area contributed by atoms with Gasteiger partial charge in [0, 0.05) is 19.5 Å². The smallest absolute Gasteiger partial charge is 0.242 e. The van der Waals surface area contributed by atoms with Crippen molar-refractivity contribution >= 4 is 17.6 Å². The van der Waals surface area contributed by atoms with Gasteiger partial charge in [-0.2, -0.15) is 0 Å². The molecule has 7 heteroatoms. The second-order valence-corrected chi connectivity index (χ2v) is 11.4. The van der Waals surface area contributed by atoms with Crippen molar-refractivity contribution in [1.29, 1.82) is 0 Å². The molecule has 1 heterocycles. The Morgan fingerprint density at radius 2 is 1.56 bits per heavy atom. The van der Waals surface area contributed by atoms with Crippen molar-refractivity contribution in [2.24, 2.45) is 5.92 Å². The lowest BCUT2D eigenvalue weighted by Crippen LogP contribution is -2.56. The van der Waals surface area contributed by atoms with Crippen LogP contribution in [0.5, 0.6) is 0 Å². The van der Waals surface area contributed by atoms with Crippen molar-refractivity contribution in [2.45, 2.75) is 129 Å². The lowest BCUT2D eigenvalue weighted by molar-refractivity contribution is -0.143. The van der Waals surface area contributed by atoms with Crippen LogP contribution in [0, 0.1) is 5.92 Å². The topological polar surface area (TPSA) is 98.7 Å². The summed E-state index contributed by atoms with van der Waals surface area (Å²) in [6.45, 7) is 7.16. The molecule has 39 heavy (non-hydrogen) atoms. The number of aryl methyl sites for hydroxylation is 1. The molecule has 1 aromatic rings. The Labute approximate surface area is 236 Å². The molecule has 0 aromatic heterocycles. The lowest BCUT2D eigenvalue weighted by atomic mass is 10.0. The standard InChI is InChI=1S/C32H53N3O4/c1-4-5-6-7-8-9-10-11-12-16-23-33-31(38)29(25(2)3)34-30(37)27-20-17-24-35(27)32(39)28(36)22-21-26-18-14-13-15-19-26/h13-15,18-19,25,27,29,32,39H,4-12,16-17,20-24H2,1-3H3,(H,33,38)(H,34,37)/t27-,29-,32?/m0/s1. The number of amides is 2. The second kappa shape index (κ2) is 18.9. The Kier molecular flexibility index (Phi) is 16.0. The number of likely N-dealkylation sites (tertiary alicyclic amines) is 1. The maximum absolute atomic E-state index is 13.2. The first-order valence-electron chi connectivity index (χ1n) is 15.4. The Hall–Kier alpha value is -2.25. The molecule has 0 saturated carbocycles. The molecule has 1 fully saturated rings. The Bertz CT molecular complexity index is 845. The van der Waals surface area contributed by atoms with E-state index in [4.69, 9.17) is 0 Å². The molecule has 1 aliphatic heterocycles. The van der Waals surface area contributed by atoms with E-state index >= 15 is 0 Å². The van der Waals surface area contributed by atoms with Crippen LogP contribution in [0.3, 0.4) is 0 Å². The van der Waals surface area contributed by atoms with Gasteiger partial charge in [0.2, 0.25) is 11.8 Å². The van der Waals surface area contributed by atoms with Crippen molar-refractivity contribution in [3.63, 3.8) is 0 Å². The number of carbonyl (C=O) groups excluding carboxylic acids is 3. The van der Waals surface area contributed by atoms with Gasteiger partial charge in [-0.25, -0.2) is 0 Å². The first-order valence-corrected chi connectivity index (χ1v) is 15.4. The summed E-state index contributed by atoms with van der Waals surface area (Å²) in [5, 5.41) is 16.7. The van der Waals surface area contributed by atoms with E-state index in [1.807, 2.05) is 44.2 Å². The zero-order chi connectivity index (χ0) is 28.5. The monoisotopic (exact) mass is 543 g/mol. The number of unbranched alkanes of at least 4 members (excludes halogenated alkanes) is 9. The van der Waals surface area contributed by atoms with Crippen LogP contribution in [-0.4, -0.2) is 59.0 Å². The number of aliphatic hydroxyl groups excluding tert-OH is 1. The molecule has 0 aliphatic carbocycles. The van der Waals surface area contributed by atoms with E-state index in [0.29, 0.717) is 25.9 Å². The van der Waals surface area contributed by atoms with E-state index in [9.17, 15) is 19.5 Å². The molecule has 0 radical (unpaired) electrons. The summed E-state index contributed by atoms with van der Waals surface area (Å²) < 4.78 is 0. The molecule has 3 N–H and O–H groups in total. The molecule has 2 amide bonds. The average molecular weight is 544 g/mol. The second-order valence-electron chi connectivity index (χ2n) is 11.4. The minimum Gasteiger partial charge on any atom is -0.371 e. The SMILES string of the molecule is CCCCCCCCCCCCNC(=O)[C@@H](NC(=O)[C@@H]1CCCN1C(O)C(=O)CCc1ccccc1)C(C)C. The van der Waals surface area contributed by atoms with Gasteiger partial charge in [0.15, 0.2) is 12.0 Å². The molecule has 7 nitrogen and oxygen atoms in total. The zero-order valence-corrected chi connectivity index (χ0v) is 24.6. The third kappa shape index (κ3) is 12.2. The summed E-state index contributed by atoms with van der Waals surface area (Å²) in [6.07, 6.45) is 13.1. The fourth-order valence-corrected chi connectivity index (χ4v) is 5.31. The molecular weight excluding hydrogens is 490 g/mol. The fourth-order valence-electron chi connectivity index (χ4n) is 5.31. The number of hydrogen-bond acceptors (Lipinski definition) is 5. The maximum Gasteiger partial charge on any atom is 0.242 e. The van der Waals surface area contributed by atoms with Crippen LogP contribution >= 0.6 is 0 Å². The van der Waals surface area contributed by atoms with Crippen LogP contribution in [0.1, 0.15) is 110 Å². The predicted molar refractivity (Wildman–Crippen MR) is 157 cm³/mol. The van der Waals surface area contributed by atoms with Gasteiger partial charge in [-0.1, -0.05) is 109 Å².